The monoisotopic (exact) mass is 179 g/mol. The van der Waals surface area contributed by atoms with Crippen molar-refractivity contribution in [1.82, 2.24) is 5.01 Å². The average Bonchev–Trinajstić information content (AvgIpc) is 2.18. The summed E-state index contributed by atoms with van der Waals surface area (Å²) < 4.78 is 0. The van der Waals surface area contributed by atoms with E-state index in [0.717, 1.165) is 10.7 Å². The quantitative estimate of drug-likeness (QED) is 0.409. The third kappa shape index (κ3) is 2.76. The van der Waals surface area contributed by atoms with E-state index in [1.807, 2.05) is 25.1 Å². The number of nitrogens with zero attached hydrogens (tertiary/aromatic N) is 1. The fourth-order valence-corrected chi connectivity index (χ4v) is 0.860. The van der Waals surface area contributed by atoms with Gasteiger partial charge in [-0.1, -0.05) is 18.2 Å². The van der Waals surface area contributed by atoms with Gasteiger partial charge in [0.15, 0.2) is 0 Å². The van der Waals surface area contributed by atoms with Crippen LogP contribution >= 0.6 is 0 Å². The highest BCUT2D eigenvalue weighted by Gasteiger charge is 2.05. The summed E-state index contributed by atoms with van der Waals surface area (Å²) in [6, 6.07) is 8.90. The van der Waals surface area contributed by atoms with E-state index in [1.54, 1.807) is 12.1 Å². The number of hydrazine groups is 1. The van der Waals surface area contributed by atoms with Crippen molar-refractivity contribution in [3.8, 4) is 0 Å². The number of nitrogens with two attached hydrogens (primary N) is 1. The van der Waals surface area contributed by atoms with Crippen LogP contribution in [0.1, 0.15) is 6.92 Å². The molecule has 70 valence electrons. The molecule has 4 nitrogen and oxygen atoms in total. The zero-order chi connectivity index (χ0) is 9.68. The molecule has 0 aliphatic rings. The predicted octanol–water partition coefficient (Wildman–Crippen LogP) is 1.41. The first-order chi connectivity index (χ1) is 6.24. The van der Waals surface area contributed by atoms with Crippen LogP contribution in [0.25, 0.3) is 0 Å². The number of carbonyl (C=O) groups is 1. The second-order valence-corrected chi connectivity index (χ2v) is 2.58. The standard InChI is InChI=1S/C9H13N3O/c1-2-12(10)9(13)11-8-6-4-3-5-7-8/h3-7H,2,10H2,1H3,(H,11,13). The zero-order valence-electron chi connectivity index (χ0n) is 7.53. The van der Waals surface area contributed by atoms with Gasteiger partial charge in [-0.05, 0) is 19.1 Å². The highest BCUT2D eigenvalue weighted by atomic mass is 16.2. The van der Waals surface area contributed by atoms with Gasteiger partial charge >= 0.3 is 6.03 Å². The fourth-order valence-electron chi connectivity index (χ4n) is 0.860. The topological polar surface area (TPSA) is 58.4 Å². The minimum Gasteiger partial charge on any atom is -0.307 e. The number of para-hydroxylation sites is 1. The van der Waals surface area contributed by atoms with Gasteiger partial charge < -0.3 is 5.32 Å². The lowest BCUT2D eigenvalue weighted by Crippen LogP contribution is -2.40. The molecule has 0 heterocycles. The van der Waals surface area contributed by atoms with E-state index < -0.39 is 0 Å². The Balaban J connectivity index is 2.55. The second kappa shape index (κ2) is 4.47. The van der Waals surface area contributed by atoms with Crippen LogP contribution in [-0.4, -0.2) is 17.6 Å². The van der Waals surface area contributed by atoms with Crippen molar-refractivity contribution >= 4 is 11.7 Å². The Morgan fingerprint density at radius 1 is 1.46 bits per heavy atom. The molecule has 0 spiro atoms. The van der Waals surface area contributed by atoms with Crippen molar-refractivity contribution in [3.63, 3.8) is 0 Å². The Kier molecular flexibility index (Phi) is 3.28. The largest absolute Gasteiger partial charge is 0.335 e. The summed E-state index contributed by atoms with van der Waals surface area (Å²) in [5.74, 6) is 5.39. The van der Waals surface area contributed by atoms with Gasteiger partial charge in [0, 0.05) is 12.2 Å². The molecule has 0 bridgehead atoms. The average molecular weight is 179 g/mol. The molecule has 0 aliphatic heterocycles. The number of urea groups is 1. The summed E-state index contributed by atoms with van der Waals surface area (Å²) in [6.45, 7) is 2.29. The van der Waals surface area contributed by atoms with Crippen molar-refractivity contribution < 1.29 is 4.79 Å². The molecular formula is C9H13N3O. The Morgan fingerprint density at radius 2 is 2.08 bits per heavy atom. The fraction of sp³-hybridized carbons (Fsp3) is 0.222. The van der Waals surface area contributed by atoms with Gasteiger partial charge in [-0.15, -0.1) is 0 Å². The number of hydrogen-bond donors (Lipinski definition) is 2. The highest BCUT2D eigenvalue weighted by Crippen LogP contribution is 2.04. The van der Waals surface area contributed by atoms with Crippen LogP contribution in [0.2, 0.25) is 0 Å². The van der Waals surface area contributed by atoms with E-state index in [4.69, 9.17) is 5.84 Å². The van der Waals surface area contributed by atoms with E-state index >= 15 is 0 Å². The van der Waals surface area contributed by atoms with E-state index in [-0.39, 0.29) is 6.03 Å². The third-order valence-electron chi connectivity index (χ3n) is 1.63. The predicted molar refractivity (Wildman–Crippen MR) is 52.0 cm³/mol. The Labute approximate surface area is 77.3 Å². The molecular weight excluding hydrogens is 166 g/mol. The van der Waals surface area contributed by atoms with Crippen molar-refractivity contribution in [2.45, 2.75) is 6.92 Å². The van der Waals surface area contributed by atoms with Crippen LogP contribution in [0.15, 0.2) is 30.3 Å². The van der Waals surface area contributed by atoms with Gasteiger partial charge in [-0.3, -0.25) is 5.01 Å². The molecule has 0 atom stereocenters. The molecule has 0 aliphatic carbocycles. The van der Waals surface area contributed by atoms with Gasteiger partial charge in [0.2, 0.25) is 0 Å². The molecule has 0 saturated heterocycles. The summed E-state index contributed by atoms with van der Waals surface area (Å²) in [5.41, 5.74) is 0.747. The second-order valence-electron chi connectivity index (χ2n) is 2.58. The normalized spacial score (nSPS) is 9.38. The van der Waals surface area contributed by atoms with E-state index in [2.05, 4.69) is 5.32 Å². The third-order valence-corrected chi connectivity index (χ3v) is 1.63. The van der Waals surface area contributed by atoms with Gasteiger partial charge in [-0.2, -0.15) is 0 Å². The molecule has 0 radical (unpaired) electrons. The van der Waals surface area contributed by atoms with Gasteiger partial charge in [-0.25, -0.2) is 10.6 Å². The van der Waals surface area contributed by atoms with Crippen molar-refractivity contribution in [2.24, 2.45) is 5.84 Å². The Bertz CT molecular complexity index is 273. The van der Waals surface area contributed by atoms with Gasteiger partial charge in [0.05, 0.1) is 0 Å². The first-order valence-corrected chi connectivity index (χ1v) is 4.12. The molecule has 1 aromatic rings. The van der Waals surface area contributed by atoms with Crippen molar-refractivity contribution in [2.75, 3.05) is 11.9 Å². The molecule has 4 heteroatoms. The van der Waals surface area contributed by atoms with E-state index in [0.29, 0.717) is 6.54 Å². The van der Waals surface area contributed by atoms with Gasteiger partial charge in [0.25, 0.3) is 0 Å². The van der Waals surface area contributed by atoms with E-state index in [1.165, 1.54) is 0 Å². The maximum absolute atomic E-state index is 11.2. The van der Waals surface area contributed by atoms with Crippen molar-refractivity contribution in [3.05, 3.63) is 30.3 Å². The highest BCUT2D eigenvalue weighted by molar-refractivity contribution is 5.88. The SMILES string of the molecule is CCN(N)C(=O)Nc1ccccc1. The minimum absolute atomic E-state index is 0.297. The number of nitrogens with one attached hydrogen (secondary N) is 1. The first-order valence-electron chi connectivity index (χ1n) is 4.12. The van der Waals surface area contributed by atoms with Crippen molar-refractivity contribution in [1.29, 1.82) is 0 Å². The van der Waals surface area contributed by atoms with Crippen LogP contribution in [0.3, 0.4) is 0 Å². The molecule has 0 fully saturated rings. The maximum Gasteiger partial charge on any atom is 0.335 e. The van der Waals surface area contributed by atoms with Crippen LogP contribution in [0, 0.1) is 0 Å². The number of anilines is 1. The Morgan fingerprint density at radius 3 is 2.62 bits per heavy atom. The lowest BCUT2D eigenvalue weighted by molar-refractivity contribution is 0.215. The number of rotatable bonds is 2. The summed E-state index contributed by atoms with van der Waals surface area (Å²) in [4.78, 5) is 11.2. The van der Waals surface area contributed by atoms with Gasteiger partial charge in [0.1, 0.15) is 0 Å². The Hall–Kier alpha value is -1.55. The lowest BCUT2D eigenvalue weighted by Gasteiger charge is -2.14. The summed E-state index contributed by atoms with van der Waals surface area (Å²) in [7, 11) is 0. The molecule has 2 amide bonds. The molecule has 0 aromatic heterocycles. The number of amides is 2. The number of carbonyl (C=O) groups excluding carboxylic acids is 1. The zero-order valence-corrected chi connectivity index (χ0v) is 7.53. The smallest absolute Gasteiger partial charge is 0.307 e. The summed E-state index contributed by atoms with van der Waals surface area (Å²) >= 11 is 0. The summed E-state index contributed by atoms with van der Waals surface area (Å²) in [5, 5.41) is 3.77. The van der Waals surface area contributed by atoms with Crippen LogP contribution in [0.5, 0.6) is 0 Å². The molecule has 3 N–H and O–H groups in total. The van der Waals surface area contributed by atoms with E-state index in [9.17, 15) is 4.79 Å². The maximum atomic E-state index is 11.2. The number of benzene rings is 1. The van der Waals surface area contributed by atoms with Crippen LogP contribution in [-0.2, 0) is 0 Å². The molecule has 0 saturated carbocycles. The summed E-state index contributed by atoms with van der Waals surface area (Å²) in [6.07, 6.45) is 0. The minimum atomic E-state index is -0.297. The molecule has 13 heavy (non-hydrogen) atoms. The van der Waals surface area contributed by atoms with Crippen LogP contribution in [0.4, 0.5) is 10.5 Å². The lowest BCUT2D eigenvalue weighted by atomic mass is 10.3. The first kappa shape index (κ1) is 9.54. The molecule has 1 aromatic carbocycles. The molecule has 0 unspecified atom stereocenters. The molecule has 1 rings (SSSR count). The number of hydrogen-bond acceptors (Lipinski definition) is 2. The van der Waals surface area contributed by atoms with Crippen LogP contribution < -0.4 is 11.2 Å².